The van der Waals surface area contributed by atoms with Gasteiger partial charge in [-0.05, 0) is 6.07 Å². The molecule has 0 radical (unpaired) electrons. The normalized spacial score (nSPS) is 10.4. The molecule has 9 nitrogen and oxygen atoms in total. The summed E-state index contributed by atoms with van der Waals surface area (Å²) in [7, 11) is 4.21. The van der Waals surface area contributed by atoms with Crippen molar-refractivity contribution in [3.05, 3.63) is 28.8 Å². The molecule has 1 aromatic heterocycles. The molecule has 134 valence electrons. The zero-order valence-electron chi connectivity index (χ0n) is 14.2. The molecule has 2 aromatic rings. The van der Waals surface area contributed by atoms with Crippen molar-refractivity contribution in [2.45, 2.75) is 13.0 Å². The number of ether oxygens (including phenoxy) is 3. The largest absolute Gasteiger partial charge is 0.493 e. The van der Waals surface area contributed by atoms with E-state index in [0.717, 1.165) is 0 Å². The minimum Gasteiger partial charge on any atom is -0.493 e. The summed E-state index contributed by atoms with van der Waals surface area (Å²) in [4.78, 5) is 39.4. The van der Waals surface area contributed by atoms with Crippen molar-refractivity contribution < 1.29 is 23.8 Å². The first-order chi connectivity index (χ1) is 12.0. The van der Waals surface area contributed by atoms with Crippen molar-refractivity contribution in [3.63, 3.8) is 0 Å². The number of hydrogen-bond donors (Lipinski definition) is 1. The first-order valence-corrected chi connectivity index (χ1v) is 7.44. The monoisotopic (exact) mass is 349 g/mol. The average Bonchev–Trinajstić information content (AvgIpc) is 2.64. The predicted molar refractivity (Wildman–Crippen MR) is 88.7 cm³/mol. The van der Waals surface area contributed by atoms with E-state index >= 15 is 0 Å². The summed E-state index contributed by atoms with van der Waals surface area (Å²) in [6, 6.07) is 3.17. The lowest BCUT2D eigenvalue weighted by atomic mass is 10.2. The molecule has 0 spiro atoms. The number of nitrogens with zero attached hydrogens (tertiary/aromatic N) is 2. The SMILES string of the molecule is COC(=O)CNC(=O)CCn1cnc2cc(OC)c(OC)cc2c1=O. The molecule has 1 N–H and O–H groups in total. The lowest BCUT2D eigenvalue weighted by Gasteiger charge is -2.10. The molecule has 0 fully saturated rings. The summed E-state index contributed by atoms with van der Waals surface area (Å²) in [6.07, 6.45) is 1.39. The maximum absolute atomic E-state index is 12.5. The van der Waals surface area contributed by atoms with Crippen LogP contribution in [0.1, 0.15) is 6.42 Å². The molecule has 0 atom stereocenters. The minimum absolute atomic E-state index is 0.0252. The van der Waals surface area contributed by atoms with Crippen LogP contribution in [0.4, 0.5) is 0 Å². The predicted octanol–water partition coefficient (Wildman–Crippen LogP) is 0.0930. The summed E-state index contributed by atoms with van der Waals surface area (Å²) < 4.78 is 16.1. The molecule has 0 saturated carbocycles. The van der Waals surface area contributed by atoms with E-state index in [0.29, 0.717) is 22.4 Å². The van der Waals surface area contributed by atoms with Crippen molar-refractivity contribution in [2.75, 3.05) is 27.9 Å². The van der Waals surface area contributed by atoms with Gasteiger partial charge in [0.15, 0.2) is 11.5 Å². The average molecular weight is 349 g/mol. The van der Waals surface area contributed by atoms with Crippen molar-refractivity contribution in [3.8, 4) is 11.5 Å². The fraction of sp³-hybridized carbons (Fsp3) is 0.375. The Balaban J connectivity index is 2.17. The number of nitrogens with one attached hydrogen (secondary N) is 1. The van der Waals surface area contributed by atoms with Gasteiger partial charge < -0.3 is 19.5 Å². The van der Waals surface area contributed by atoms with Crippen LogP contribution in [0.2, 0.25) is 0 Å². The van der Waals surface area contributed by atoms with Crippen LogP contribution in [-0.4, -0.2) is 49.3 Å². The third-order valence-corrected chi connectivity index (χ3v) is 3.57. The van der Waals surface area contributed by atoms with Crippen LogP contribution in [-0.2, 0) is 20.9 Å². The number of hydrogen-bond acceptors (Lipinski definition) is 7. The number of benzene rings is 1. The maximum Gasteiger partial charge on any atom is 0.325 e. The van der Waals surface area contributed by atoms with Crippen LogP contribution in [0.25, 0.3) is 10.9 Å². The zero-order valence-corrected chi connectivity index (χ0v) is 14.2. The van der Waals surface area contributed by atoms with Crippen LogP contribution < -0.4 is 20.3 Å². The fourth-order valence-corrected chi connectivity index (χ4v) is 2.20. The Morgan fingerprint density at radius 2 is 1.84 bits per heavy atom. The molecule has 0 aliphatic carbocycles. The van der Waals surface area contributed by atoms with E-state index in [1.54, 1.807) is 12.1 Å². The molecule has 0 unspecified atom stereocenters. The van der Waals surface area contributed by atoms with Gasteiger partial charge in [-0.3, -0.25) is 19.0 Å². The topological polar surface area (TPSA) is 109 Å². The van der Waals surface area contributed by atoms with Gasteiger partial charge in [0.1, 0.15) is 6.54 Å². The van der Waals surface area contributed by atoms with E-state index in [9.17, 15) is 14.4 Å². The first kappa shape index (κ1) is 18.2. The molecular weight excluding hydrogens is 330 g/mol. The summed E-state index contributed by atoms with van der Waals surface area (Å²) in [5.41, 5.74) is 0.167. The Hall–Kier alpha value is -3.10. The van der Waals surface area contributed by atoms with E-state index in [1.807, 2.05) is 0 Å². The molecule has 0 aliphatic rings. The van der Waals surface area contributed by atoms with Crippen molar-refractivity contribution in [1.29, 1.82) is 0 Å². The van der Waals surface area contributed by atoms with Gasteiger partial charge in [0.05, 0.1) is 38.6 Å². The molecule has 1 amide bonds. The Kier molecular flexibility index (Phi) is 5.93. The number of methoxy groups -OCH3 is 3. The van der Waals surface area contributed by atoms with Crippen molar-refractivity contribution >= 4 is 22.8 Å². The molecule has 2 rings (SSSR count). The highest BCUT2D eigenvalue weighted by Gasteiger charge is 2.12. The highest BCUT2D eigenvalue weighted by molar-refractivity contribution is 5.82. The summed E-state index contributed by atoms with van der Waals surface area (Å²) in [6.45, 7) is -0.0830. The lowest BCUT2D eigenvalue weighted by Crippen LogP contribution is -2.31. The number of aromatic nitrogens is 2. The Morgan fingerprint density at radius 3 is 2.48 bits per heavy atom. The second kappa shape index (κ2) is 8.13. The second-order valence-electron chi connectivity index (χ2n) is 5.07. The quantitative estimate of drug-likeness (QED) is 0.706. The number of aryl methyl sites for hydroxylation is 1. The van der Waals surface area contributed by atoms with E-state index in [-0.39, 0.29) is 31.0 Å². The van der Waals surface area contributed by atoms with Gasteiger partial charge in [0, 0.05) is 19.0 Å². The van der Waals surface area contributed by atoms with Crippen LogP contribution in [0.15, 0.2) is 23.3 Å². The van der Waals surface area contributed by atoms with Crippen LogP contribution in [0.5, 0.6) is 11.5 Å². The second-order valence-corrected chi connectivity index (χ2v) is 5.07. The van der Waals surface area contributed by atoms with Crippen LogP contribution in [0, 0.1) is 0 Å². The third-order valence-electron chi connectivity index (χ3n) is 3.57. The maximum atomic E-state index is 12.5. The Labute approximate surface area is 143 Å². The number of amides is 1. The highest BCUT2D eigenvalue weighted by atomic mass is 16.5. The van der Waals surface area contributed by atoms with E-state index < -0.39 is 5.97 Å². The van der Waals surface area contributed by atoms with Gasteiger partial charge in [-0.25, -0.2) is 4.98 Å². The lowest BCUT2D eigenvalue weighted by molar-refractivity contribution is -0.141. The van der Waals surface area contributed by atoms with Gasteiger partial charge in [-0.2, -0.15) is 0 Å². The molecule has 9 heteroatoms. The summed E-state index contributed by atoms with van der Waals surface area (Å²) >= 11 is 0. The molecule has 1 aromatic carbocycles. The summed E-state index contributed by atoms with van der Waals surface area (Å²) in [5.74, 6) is -0.0204. The fourth-order valence-electron chi connectivity index (χ4n) is 2.20. The van der Waals surface area contributed by atoms with Crippen molar-refractivity contribution in [2.24, 2.45) is 0 Å². The highest BCUT2D eigenvalue weighted by Crippen LogP contribution is 2.29. The molecule has 25 heavy (non-hydrogen) atoms. The minimum atomic E-state index is -0.543. The van der Waals surface area contributed by atoms with Gasteiger partial charge in [-0.1, -0.05) is 0 Å². The molecule has 0 saturated heterocycles. The molecule has 0 aliphatic heterocycles. The number of fused-ring (bicyclic) bond motifs is 1. The van der Waals surface area contributed by atoms with E-state index in [2.05, 4.69) is 15.0 Å². The van der Waals surface area contributed by atoms with Gasteiger partial charge in [0.2, 0.25) is 5.91 Å². The zero-order chi connectivity index (χ0) is 18.4. The standard InChI is InChI=1S/C16H19N3O6/c1-23-12-6-10-11(7-13(12)24-2)18-9-19(16(10)22)5-4-14(20)17-8-15(21)25-3/h6-7,9H,4-5,8H2,1-3H3,(H,17,20). The first-order valence-electron chi connectivity index (χ1n) is 7.44. The van der Waals surface area contributed by atoms with E-state index in [4.69, 9.17) is 9.47 Å². The summed E-state index contributed by atoms with van der Waals surface area (Å²) in [5, 5.41) is 2.76. The Morgan fingerprint density at radius 1 is 1.16 bits per heavy atom. The van der Waals surface area contributed by atoms with Gasteiger partial charge in [0.25, 0.3) is 5.56 Å². The number of carbonyl (C=O) groups excluding carboxylic acids is 2. The number of esters is 1. The smallest absolute Gasteiger partial charge is 0.325 e. The number of carbonyl (C=O) groups is 2. The molecule has 0 bridgehead atoms. The van der Waals surface area contributed by atoms with Crippen molar-refractivity contribution in [1.82, 2.24) is 14.9 Å². The van der Waals surface area contributed by atoms with E-state index in [1.165, 1.54) is 32.2 Å². The third kappa shape index (κ3) is 4.25. The van der Waals surface area contributed by atoms with Crippen LogP contribution >= 0.6 is 0 Å². The van der Waals surface area contributed by atoms with Crippen LogP contribution in [0.3, 0.4) is 0 Å². The molecular formula is C16H19N3O6. The Bertz CT molecular complexity index is 846. The number of rotatable bonds is 7. The molecule has 1 heterocycles. The van der Waals surface area contributed by atoms with Gasteiger partial charge in [-0.15, -0.1) is 0 Å². The van der Waals surface area contributed by atoms with Gasteiger partial charge >= 0.3 is 5.97 Å².